The van der Waals surface area contributed by atoms with Crippen molar-refractivity contribution >= 4 is 5.91 Å². The lowest BCUT2D eigenvalue weighted by molar-refractivity contribution is -0.132. The van der Waals surface area contributed by atoms with Crippen LogP contribution in [0.1, 0.15) is 17.5 Å². The molecule has 0 unspecified atom stereocenters. The van der Waals surface area contributed by atoms with E-state index in [1.165, 1.54) is 11.1 Å². The average molecular weight is 287 g/mol. The van der Waals surface area contributed by atoms with Crippen LogP contribution in [0.15, 0.2) is 24.3 Å². The van der Waals surface area contributed by atoms with Crippen molar-refractivity contribution in [2.75, 3.05) is 45.8 Å². The molecule has 1 fully saturated rings. The van der Waals surface area contributed by atoms with E-state index in [1.807, 2.05) is 4.90 Å². The first-order chi connectivity index (χ1) is 10.3. The van der Waals surface area contributed by atoms with Crippen molar-refractivity contribution in [2.24, 2.45) is 0 Å². The molecule has 0 spiro atoms. The molecule has 1 saturated heterocycles. The van der Waals surface area contributed by atoms with Gasteiger partial charge >= 0.3 is 0 Å². The molecule has 3 rings (SSSR count). The average Bonchev–Trinajstić information content (AvgIpc) is 2.76. The molecule has 1 aromatic rings. The molecule has 0 saturated carbocycles. The number of rotatable bonds is 3. The first-order valence-corrected chi connectivity index (χ1v) is 8.10. The molecule has 0 radical (unpaired) electrons. The molecule has 2 aliphatic heterocycles. The highest BCUT2D eigenvalue weighted by Crippen LogP contribution is 2.15. The molecule has 2 aliphatic rings. The van der Waals surface area contributed by atoms with E-state index in [0.717, 1.165) is 58.7 Å². The SMILES string of the molecule is O=C(CCN1CCc2ccccc2CC1)N1CCNCC1. The number of carbonyl (C=O) groups excluding carboxylic acids is 1. The molecule has 1 aromatic carbocycles. The highest BCUT2D eigenvalue weighted by Gasteiger charge is 2.18. The van der Waals surface area contributed by atoms with E-state index in [2.05, 4.69) is 34.5 Å². The van der Waals surface area contributed by atoms with Gasteiger partial charge in [0.15, 0.2) is 0 Å². The lowest BCUT2D eigenvalue weighted by atomic mass is 10.0. The number of nitrogens with one attached hydrogen (secondary N) is 1. The summed E-state index contributed by atoms with van der Waals surface area (Å²) in [6, 6.07) is 8.74. The molecular weight excluding hydrogens is 262 g/mol. The summed E-state index contributed by atoms with van der Waals surface area (Å²) in [6.07, 6.45) is 2.88. The van der Waals surface area contributed by atoms with Crippen LogP contribution in [0.4, 0.5) is 0 Å². The fraction of sp³-hybridized carbons (Fsp3) is 0.588. The van der Waals surface area contributed by atoms with Crippen LogP contribution in [0, 0.1) is 0 Å². The van der Waals surface area contributed by atoms with Crippen molar-refractivity contribution in [3.05, 3.63) is 35.4 Å². The third-order valence-corrected chi connectivity index (χ3v) is 4.62. The number of benzene rings is 1. The van der Waals surface area contributed by atoms with Crippen LogP contribution in [0.2, 0.25) is 0 Å². The van der Waals surface area contributed by atoms with Gasteiger partial charge in [0.1, 0.15) is 0 Å². The Hall–Kier alpha value is -1.39. The quantitative estimate of drug-likeness (QED) is 0.897. The van der Waals surface area contributed by atoms with Gasteiger partial charge in [-0.15, -0.1) is 0 Å². The van der Waals surface area contributed by atoms with Gasteiger partial charge in [-0.25, -0.2) is 0 Å². The maximum absolute atomic E-state index is 12.2. The van der Waals surface area contributed by atoms with E-state index in [1.54, 1.807) is 0 Å². The van der Waals surface area contributed by atoms with Crippen molar-refractivity contribution in [2.45, 2.75) is 19.3 Å². The number of amides is 1. The van der Waals surface area contributed by atoms with Gasteiger partial charge < -0.3 is 15.1 Å². The smallest absolute Gasteiger partial charge is 0.223 e. The van der Waals surface area contributed by atoms with Crippen LogP contribution < -0.4 is 5.32 Å². The predicted octanol–water partition coefficient (Wildman–Crippen LogP) is 0.909. The second kappa shape index (κ2) is 7.05. The topological polar surface area (TPSA) is 35.6 Å². The minimum Gasteiger partial charge on any atom is -0.340 e. The molecule has 0 aliphatic carbocycles. The van der Waals surface area contributed by atoms with Gasteiger partial charge in [-0.1, -0.05) is 24.3 Å². The molecule has 114 valence electrons. The predicted molar refractivity (Wildman–Crippen MR) is 84.4 cm³/mol. The van der Waals surface area contributed by atoms with Gasteiger partial charge in [-0.05, 0) is 24.0 Å². The number of hydrogen-bond donors (Lipinski definition) is 1. The Kier molecular flexibility index (Phi) is 4.88. The van der Waals surface area contributed by atoms with Crippen LogP contribution >= 0.6 is 0 Å². The Labute approximate surface area is 127 Å². The Morgan fingerprint density at radius 3 is 2.24 bits per heavy atom. The van der Waals surface area contributed by atoms with Crippen LogP contribution in [0.3, 0.4) is 0 Å². The van der Waals surface area contributed by atoms with E-state index >= 15 is 0 Å². The van der Waals surface area contributed by atoms with E-state index in [9.17, 15) is 4.79 Å². The van der Waals surface area contributed by atoms with Crippen LogP contribution in [-0.4, -0.2) is 61.5 Å². The van der Waals surface area contributed by atoms with Crippen LogP contribution in [0.5, 0.6) is 0 Å². The normalized spacial score (nSPS) is 19.9. The van der Waals surface area contributed by atoms with E-state index < -0.39 is 0 Å². The number of nitrogens with zero attached hydrogens (tertiary/aromatic N) is 2. The molecule has 21 heavy (non-hydrogen) atoms. The minimum atomic E-state index is 0.318. The zero-order valence-corrected chi connectivity index (χ0v) is 12.7. The summed E-state index contributed by atoms with van der Waals surface area (Å²) in [6.45, 7) is 6.65. The fourth-order valence-electron chi connectivity index (χ4n) is 3.26. The second-order valence-electron chi connectivity index (χ2n) is 5.99. The summed E-state index contributed by atoms with van der Waals surface area (Å²) in [4.78, 5) is 16.7. The third-order valence-electron chi connectivity index (χ3n) is 4.62. The van der Waals surface area contributed by atoms with E-state index in [0.29, 0.717) is 12.3 Å². The van der Waals surface area contributed by atoms with Crippen LogP contribution in [0.25, 0.3) is 0 Å². The van der Waals surface area contributed by atoms with Gasteiger partial charge in [0.2, 0.25) is 5.91 Å². The molecule has 0 aromatic heterocycles. The van der Waals surface area contributed by atoms with E-state index in [4.69, 9.17) is 0 Å². The maximum atomic E-state index is 12.2. The second-order valence-corrected chi connectivity index (χ2v) is 5.99. The molecule has 1 N–H and O–H groups in total. The first-order valence-electron chi connectivity index (χ1n) is 8.10. The van der Waals surface area contributed by atoms with Gasteiger partial charge in [-0.3, -0.25) is 4.79 Å². The van der Waals surface area contributed by atoms with Crippen molar-refractivity contribution in [3.63, 3.8) is 0 Å². The lowest BCUT2D eigenvalue weighted by Gasteiger charge is -2.28. The minimum absolute atomic E-state index is 0.318. The lowest BCUT2D eigenvalue weighted by Crippen LogP contribution is -2.47. The fourth-order valence-corrected chi connectivity index (χ4v) is 3.26. The Morgan fingerprint density at radius 2 is 1.62 bits per heavy atom. The molecule has 0 bridgehead atoms. The molecule has 4 nitrogen and oxygen atoms in total. The number of fused-ring (bicyclic) bond motifs is 1. The zero-order valence-electron chi connectivity index (χ0n) is 12.7. The number of piperazine rings is 1. The Morgan fingerprint density at radius 1 is 1.00 bits per heavy atom. The third kappa shape index (κ3) is 3.83. The van der Waals surface area contributed by atoms with Gasteiger partial charge in [0, 0.05) is 52.2 Å². The van der Waals surface area contributed by atoms with Crippen molar-refractivity contribution in [3.8, 4) is 0 Å². The summed E-state index contributed by atoms with van der Waals surface area (Å²) in [7, 11) is 0. The van der Waals surface area contributed by atoms with E-state index in [-0.39, 0.29) is 0 Å². The highest BCUT2D eigenvalue weighted by molar-refractivity contribution is 5.76. The number of carbonyl (C=O) groups is 1. The summed E-state index contributed by atoms with van der Waals surface area (Å²) < 4.78 is 0. The Bertz CT molecular complexity index is 456. The van der Waals surface area contributed by atoms with Crippen molar-refractivity contribution < 1.29 is 4.79 Å². The Balaban J connectivity index is 1.47. The highest BCUT2D eigenvalue weighted by atomic mass is 16.2. The molecule has 4 heteroatoms. The van der Waals surface area contributed by atoms with Crippen molar-refractivity contribution in [1.82, 2.24) is 15.1 Å². The largest absolute Gasteiger partial charge is 0.340 e. The monoisotopic (exact) mass is 287 g/mol. The molecule has 1 amide bonds. The summed E-state index contributed by atoms with van der Waals surface area (Å²) in [5, 5.41) is 3.29. The summed E-state index contributed by atoms with van der Waals surface area (Å²) in [5.74, 6) is 0.318. The van der Waals surface area contributed by atoms with Gasteiger partial charge in [-0.2, -0.15) is 0 Å². The molecular formula is C17H25N3O. The first kappa shape index (κ1) is 14.5. The van der Waals surface area contributed by atoms with Gasteiger partial charge in [0.25, 0.3) is 0 Å². The van der Waals surface area contributed by atoms with Gasteiger partial charge in [0.05, 0.1) is 0 Å². The maximum Gasteiger partial charge on any atom is 0.223 e. The molecule has 0 atom stereocenters. The summed E-state index contributed by atoms with van der Waals surface area (Å²) in [5.41, 5.74) is 2.96. The zero-order chi connectivity index (χ0) is 14.5. The van der Waals surface area contributed by atoms with Crippen molar-refractivity contribution in [1.29, 1.82) is 0 Å². The molecule has 2 heterocycles. The summed E-state index contributed by atoms with van der Waals surface area (Å²) >= 11 is 0. The van der Waals surface area contributed by atoms with Crippen LogP contribution in [-0.2, 0) is 17.6 Å². The standard InChI is InChI=1S/C17H25N3O/c21-17(20-13-8-18-9-14-20)7-12-19-10-5-15-3-1-2-4-16(15)6-11-19/h1-4,18H,5-14H2. The number of hydrogen-bond acceptors (Lipinski definition) is 3.